The lowest BCUT2D eigenvalue weighted by Crippen LogP contribution is -2.35. The Morgan fingerprint density at radius 2 is 2.29 bits per heavy atom. The van der Waals surface area contributed by atoms with E-state index in [2.05, 4.69) is 10.5 Å². The minimum absolute atomic E-state index is 0. The summed E-state index contributed by atoms with van der Waals surface area (Å²) in [5.41, 5.74) is 6.45. The first kappa shape index (κ1) is 17.8. The molecule has 1 heterocycles. The van der Waals surface area contributed by atoms with Crippen LogP contribution in [0.4, 0.5) is 0 Å². The van der Waals surface area contributed by atoms with E-state index in [1.807, 2.05) is 0 Å². The number of hydrogen-bond acceptors (Lipinski definition) is 6. The minimum atomic E-state index is -0.341. The standard InChI is InChI=1S/C12H14ClN3O3S.ClH/c1-15-12(20)18-6-8(14)5-17-11-9-4-7(13)2-3-10(9)19-16-11;/h2-4,8H,5-6,14H2,1H3,(H,15,20);1H. The molecule has 21 heavy (non-hydrogen) atoms. The van der Waals surface area contributed by atoms with Crippen molar-refractivity contribution in [2.75, 3.05) is 20.3 Å². The fraction of sp³-hybridized carbons (Fsp3) is 0.333. The van der Waals surface area contributed by atoms with E-state index in [4.69, 9.17) is 43.5 Å². The average Bonchev–Trinajstić information content (AvgIpc) is 2.84. The summed E-state index contributed by atoms with van der Waals surface area (Å²) in [6.45, 7) is 0.469. The molecule has 6 nitrogen and oxygen atoms in total. The van der Waals surface area contributed by atoms with Crippen molar-refractivity contribution in [3.63, 3.8) is 0 Å². The average molecular weight is 352 g/mol. The van der Waals surface area contributed by atoms with Gasteiger partial charge in [0.25, 0.3) is 11.1 Å². The van der Waals surface area contributed by atoms with Crippen molar-refractivity contribution in [2.24, 2.45) is 5.73 Å². The van der Waals surface area contributed by atoms with Gasteiger partial charge < -0.3 is 25.0 Å². The van der Waals surface area contributed by atoms with Gasteiger partial charge in [-0.3, -0.25) is 0 Å². The van der Waals surface area contributed by atoms with E-state index in [9.17, 15) is 0 Å². The zero-order valence-corrected chi connectivity index (χ0v) is 13.6. The van der Waals surface area contributed by atoms with E-state index in [1.165, 1.54) is 0 Å². The van der Waals surface area contributed by atoms with Crippen molar-refractivity contribution in [1.29, 1.82) is 0 Å². The van der Waals surface area contributed by atoms with Gasteiger partial charge in [0.05, 0.1) is 11.4 Å². The van der Waals surface area contributed by atoms with Gasteiger partial charge in [0.1, 0.15) is 13.2 Å². The molecular formula is C12H15Cl2N3O3S. The molecule has 0 saturated carbocycles. The maximum Gasteiger partial charge on any atom is 0.262 e. The number of hydrogen-bond donors (Lipinski definition) is 2. The highest BCUT2D eigenvalue weighted by molar-refractivity contribution is 7.80. The number of nitrogens with one attached hydrogen (secondary N) is 1. The number of fused-ring (bicyclic) bond motifs is 1. The van der Waals surface area contributed by atoms with Crippen molar-refractivity contribution in [1.82, 2.24) is 10.5 Å². The van der Waals surface area contributed by atoms with E-state index < -0.39 is 0 Å². The monoisotopic (exact) mass is 351 g/mol. The van der Waals surface area contributed by atoms with Crippen molar-refractivity contribution in [3.8, 4) is 5.88 Å². The molecule has 3 N–H and O–H groups in total. The molecule has 2 rings (SSSR count). The summed E-state index contributed by atoms with van der Waals surface area (Å²) in [5, 5.41) is 8.10. The molecule has 9 heteroatoms. The van der Waals surface area contributed by atoms with Gasteiger partial charge in [0, 0.05) is 12.1 Å². The van der Waals surface area contributed by atoms with Crippen molar-refractivity contribution < 1.29 is 14.0 Å². The summed E-state index contributed by atoms with van der Waals surface area (Å²) < 4.78 is 15.8. The summed E-state index contributed by atoms with van der Waals surface area (Å²) in [4.78, 5) is 0. The highest BCUT2D eigenvalue weighted by atomic mass is 35.5. The second-order valence-corrected chi connectivity index (χ2v) is 4.85. The van der Waals surface area contributed by atoms with Crippen LogP contribution < -0.4 is 15.8 Å². The van der Waals surface area contributed by atoms with Gasteiger partial charge >= 0.3 is 0 Å². The van der Waals surface area contributed by atoms with Crippen molar-refractivity contribution >= 4 is 52.4 Å². The van der Waals surface area contributed by atoms with Crippen LogP contribution in [0.25, 0.3) is 11.0 Å². The highest BCUT2D eigenvalue weighted by Gasteiger charge is 2.12. The van der Waals surface area contributed by atoms with Crippen LogP contribution in [-0.4, -0.2) is 36.6 Å². The molecule has 0 aliphatic heterocycles. The Morgan fingerprint density at radius 1 is 1.52 bits per heavy atom. The lowest BCUT2D eigenvalue weighted by molar-refractivity contribution is 0.203. The fourth-order valence-electron chi connectivity index (χ4n) is 1.48. The first-order valence-corrected chi connectivity index (χ1v) is 6.66. The Morgan fingerprint density at radius 3 is 3.00 bits per heavy atom. The number of ether oxygens (including phenoxy) is 2. The van der Waals surface area contributed by atoms with Crippen LogP contribution in [0.5, 0.6) is 5.88 Å². The molecular weight excluding hydrogens is 337 g/mol. The first-order chi connectivity index (χ1) is 9.60. The second-order valence-electron chi connectivity index (χ2n) is 4.05. The normalized spacial score (nSPS) is 11.6. The third kappa shape index (κ3) is 4.89. The molecule has 116 valence electrons. The zero-order chi connectivity index (χ0) is 14.5. The van der Waals surface area contributed by atoms with E-state index in [0.717, 1.165) is 0 Å². The number of thiocarbonyl (C=S) groups is 1. The molecule has 0 radical (unpaired) electrons. The van der Waals surface area contributed by atoms with Crippen LogP contribution in [0.15, 0.2) is 22.7 Å². The highest BCUT2D eigenvalue weighted by Crippen LogP contribution is 2.27. The maximum atomic E-state index is 5.92. The van der Waals surface area contributed by atoms with E-state index in [-0.39, 0.29) is 31.7 Å². The third-order valence-corrected chi connectivity index (χ3v) is 3.02. The predicted octanol–water partition coefficient (Wildman–Crippen LogP) is 2.13. The van der Waals surface area contributed by atoms with E-state index in [1.54, 1.807) is 25.2 Å². The molecule has 1 aromatic heterocycles. The smallest absolute Gasteiger partial charge is 0.262 e. The Bertz CT molecular complexity index is 608. The Kier molecular flexibility index (Phi) is 6.97. The summed E-state index contributed by atoms with van der Waals surface area (Å²) >= 11 is 10.8. The lowest BCUT2D eigenvalue weighted by atomic mass is 10.2. The molecule has 0 saturated heterocycles. The number of rotatable bonds is 5. The zero-order valence-electron chi connectivity index (χ0n) is 11.2. The van der Waals surface area contributed by atoms with E-state index in [0.29, 0.717) is 27.0 Å². The minimum Gasteiger partial charge on any atom is -0.473 e. The van der Waals surface area contributed by atoms with Crippen molar-refractivity contribution in [2.45, 2.75) is 6.04 Å². The summed E-state index contributed by atoms with van der Waals surface area (Å²) in [7, 11) is 1.68. The molecule has 0 spiro atoms. The van der Waals surface area contributed by atoms with Crippen molar-refractivity contribution in [3.05, 3.63) is 23.2 Å². The Hall–Kier alpha value is -1.28. The molecule has 0 aliphatic carbocycles. The van der Waals surface area contributed by atoms with Gasteiger partial charge in [-0.05, 0) is 35.6 Å². The van der Waals surface area contributed by atoms with Gasteiger partial charge in [-0.2, -0.15) is 0 Å². The van der Waals surface area contributed by atoms with Gasteiger partial charge in [-0.1, -0.05) is 11.6 Å². The molecule has 0 fully saturated rings. The largest absolute Gasteiger partial charge is 0.473 e. The summed E-state index contributed by atoms with van der Waals surface area (Å²) in [5.74, 6) is 0.356. The molecule has 2 aromatic rings. The van der Waals surface area contributed by atoms with E-state index >= 15 is 0 Å². The SMILES string of the molecule is CNC(=S)OCC(N)COc1noc2ccc(Cl)cc12.Cl. The van der Waals surface area contributed by atoms with Crippen LogP contribution in [-0.2, 0) is 4.74 Å². The van der Waals surface area contributed by atoms with Gasteiger partial charge in [-0.25, -0.2) is 0 Å². The number of aromatic nitrogens is 1. The topological polar surface area (TPSA) is 82.5 Å². The number of benzene rings is 1. The summed E-state index contributed by atoms with van der Waals surface area (Å²) in [6.07, 6.45) is 0. The molecule has 1 aromatic carbocycles. The molecule has 1 unspecified atom stereocenters. The maximum absolute atomic E-state index is 5.92. The van der Waals surface area contributed by atoms with Gasteiger partial charge in [-0.15, -0.1) is 12.4 Å². The van der Waals surface area contributed by atoms with Crippen LogP contribution in [0.1, 0.15) is 0 Å². The number of nitrogens with zero attached hydrogens (tertiary/aromatic N) is 1. The van der Waals surface area contributed by atoms with Gasteiger partial charge in [0.2, 0.25) is 0 Å². The number of halogens is 2. The second kappa shape index (κ2) is 8.23. The third-order valence-electron chi connectivity index (χ3n) is 2.47. The van der Waals surface area contributed by atoms with Gasteiger partial charge in [0.15, 0.2) is 5.58 Å². The summed E-state index contributed by atoms with van der Waals surface area (Å²) in [6, 6.07) is 4.83. The molecule has 1 atom stereocenters. The molecule has 0 aliphatic rings. The van der Waals surface area contributed by atoms with Crippen LogP contribution in [0.2, 0.25) is 5.02 Å². The molecule has 0 bridgehead atoms. The quantitative estimate of drug-likeness (QED) is 0.798. The Labute approximate surface area is 138 Å². The molecule has 0 amide bonds. The lowest BCUT2D eigenvalue weighted by Gasteiger charge is -2.13. The van der Waals surface area contributed by atoms with Crippen LogP contribution in [0.3, 0.4) is 0 Å². The van der Waals surface area contributed by atoms with Crippen LogP contribution in [0, 0.1) is 0 Å². The fourth-order valence-corrected chi connectivity index (χ4v) is 1.72. The predicted molar refractivity (Wildman–Crippen MR) is 87.3 cm³/mol. The first-order valence-electron chi connectivity index (χ1n) is 5.88. The van der Waals surface area contributed by atoms with Crippen LogP contribution >= 0.6 is 36.2 Å². The Balaban J connectivity index is 0.00000220. The number of nitrogens with two attached hydrogens (primary N) is 1.